The van der Waals surface area contributed by atoms with Gasteiger partial charge in [0.05, 0.1) is 5.75 Å². The van der Waals surface area contributed by atoms with Crippen molar-refractivity contribution in [1.29, 1.82) is 0 Å². The van der Waals surface area contributed by atoms with Gasteiger partial charge in [-0.25, -0.2) is 23.1 Å². The smallest absolute Gasteiger partial charge is 0.213 e. The second-order valence-electron chi connectivity index (χ2n) is 4.33. The molecule has 0 unspecified atom stereocenters. The van der Waals surface area contributed by atoms with E-state index in [1.54, 1.807) is 13.0 Å². The zero-order chi connectivity index (χ0) is 14.5. The maximum absolute atomic E-state index is 11.5. The van der Waals surface area contributed by atoms with Crippen LogP contribution < -0.4 is 10.0 Å². The molecular weight excluding hydrogens is 288 g/mol. The second-order valence-corrected chi connectivity index (χ2v) is 6.65. The van der Waals surface area contributed by atoms with Gasteiger partial charge in [-0.3, -0.25) is 0 Å². The normalized spacial score (nSPS) is 11.8. The minimum atomic E-state index is -3.23. The van der Waals surface area contributed by atoms with Gasteiger partial charge in [0.1, 0.15) is 16.8 Å². The van der Waals surface area contributed by atoms with Crippen LogP contribution in [0.3, 0.4) is 0 Å². The number of nitrogens with one attached hydrogen (secondary N) is 2. The summed E-state index contributed by atoms with van der Waals surface area (Å²) in [5.41, 5.74) is 0. The highest BCUT2D eigenvalue weighted by Gasteiger charge is 2.10. The summed E-state index contributed by atoms with van der Waals surface area (Å²) in [5.74, 6) is 1.31. The molecule has 0 bridgehead atoms. The van der Waals surface area contributed by atoms with E-state index < -0.39 is 10.0 Å². The topological polar surface area (TPSA) is 84.0 Å². The third-order valence-electron chi connectivity index (χ3n) is 2.27. The van der Waals surface area contributed by atoms with Gasteiger partial charge in [0, 0.05) is 25.1 Å². The van der Waals surface area contributed by atoms with Crippen molar-refractivity contribution in [3.8, 4) is 0 Å². The monoisotopic (exact) mass is 306 g/mol. The molecule has 8 heteroatoms. The Balaban J connectivity index is 2.63. The van der Waals surface area contributed by atoms with Gasteiger partial charge in [0.25, 0.3) is 0 Å². The molecule has 2 N–H and O–H groups in total. The Hall–Kier alpha value is -0.920. The lowest BCUT2D eigenvalue weighted by Gasteiger charge is -2.10. The molecule has 0 saturated heterocycles. The predicted molar refractivity (Wildman–Crippen MR) is 77.1 cm³/mol. The molecule has 0 atom stereocenters. The SMILES string of the molecule is CCNS(=O)(=O)CCNc1cc(Cl)nc(C(C)C)n1. The van der Waals surface area contributed by atoms with E-state index in [2.05, 4.69) is 20.0 Å². The summed E-state index contributed by atoms with van der Waals surface area (Å²) in [6.45, 7) is 6.32. The van der Waals surface area contributed by atoms with Crippen molar-refractivity contribution in [2.75, 3.05) is 24.2 Å². The molecule has 19 heavy (non-hydrogen) atoms. The first-order chi connectivity index (χ1) is 8.84. The first kappa shape index (κ1) is 16.1. The van der Waals surface area contributed by atoms with Crippen molar-refractivity contribution >= 4 is 27.4 Å². The third-order valence-corrected chi connectivity index (χ3v) is 3.93. The molecule has 0 aromatic carbocycles. The van der Waals surface area contributed by atoms with E-state index in [-0.39, 0.29) is 18.2 Å². The van der Waals surface area contributed by atoms with Crippen LogP contribution in [0.25, 0.3) is 0 Å². The highest BCUT2D eigenvalue weighted by Crippen LogP contribution is 2.16. The van der Waals surface area contributed by atoms with Crippen molar-refractivity contribution in [1.82, 2.24) is 14.7 Å². The fourth-order valence-electron chi connectivity index (χ4n) is 1.39. The average Bonchev–Trinajstić information content (AvgIpc) is 2.27. The van der Waals surface area contributed by atoms with E-state index in [0.29, 0.717) is 23.3 Å². The number of hydrogen-bond donors (Lipinski definition) is 2. The van der Waals surface area contributed by atoms with Crippen molar-refractivity contribution in [3.63, 3.8) is 0 Å². The van der Waals surface area contributed by atoms with Gasteiger partial charge in [0.2, 0.25) is 10.0 Å². The van der Waals surface area contributed by atoms with E-state index in [1.807, 2.05) is 13.8 Å². The molecule has 1 aromatic heterocycles. The Morgan fingerprint density at radius 3 is 2.63 bits per heavy atom. The number of rotatable bonds is 7. The molecule has 0 aliphatic heterocycles. The number of halogens is 1. The molecule has 0 aliphatic rings. The lowest BCUT2D eigenvalue weighted by Crippen LogP contribution is -2.29. The minimum absolute atomic E-state index is 0.0144. The van der Waals surface area contributed by atoms with Crippen LogP contribution >= 0.6 is 11.6 Å². The summed E-state index contributed by atoms with van der Waals surface area (Å²) in [7, 11) is -3.23. The number of sulfonamides is 1. The summed E-state index contributed by atoms with van der Waals surface area (Å²) in [5, 5.41) is 3.28. The molecule has 1 heterocycles. The van der Waals surface area contributed by atoms with Gasteiger partial charge >= 0.3 is 0 Å². The van der Waals surface area contributed by atoms with Crippen LogP contribution in [0.15, 0.2) is 6.07 Å². The quantitative estimate of drug-likeness (QED) is 0.748. The van der Waals surface area contributed by atoms with Crippen molar-refractivity contribution < 1.29 is 8.42 Å². The van der Waals surface area contributed by atoms with E-state index >= 15 is 0 Å². The standard InChI is InChI=1S/C11H19ClN4O2S/c1-4-14-19(17,18)6-5-13-10-7-9(12)15-11(16-10)8(2)3/h7-8,14H,4-6H2,1-3H3,(H,13,15,16). The molecule has 6 nitrogen and oxygen atoms in total. The van der Waals surface area contributed by atoms with E-state index in [1.165, 1.54) is 0 Å². The minimum Gasteiger partial charge on any atom is -0.369 e. The largest absolute Gasteiger partial charge is 0.369 e. The Labute approximate surface area is 119 Å². The van der Waals surface area contributed by atoms with E-state index in [4.69, 9.17) is 11.6 Å². The van der Waals surface area contributed by atoms with Crippen LogP contribution in [-0.2, 0) is 10.0 Å². The Morgan fingerprint density at radius 1 is 1.37 bits per heavy atom. The third kappa shape index (κ3) is 5.71. The molecule has 0 aliphatic carbocycles. The van der Waals surface area contributed by atoms with Gasteiger partial charge in [-0.15, -0.1) is 0 Å². The van der Waals surface area contributed by atoms with E-state index in [9.17, 15) is 8.42 Å². The highest BCUT2D eigenvalue weighted by molar-refractivity contribution is 7.89. The van der Waals surface area contributed by atoms with Gasteiger partial charge in [-0.05, 0) is 0 Å². The maximum Gasteiger partial charge on any atom is 0.213 e. The summed E-state index contributed by atoms with van der Waals surface area (Å²) >= 11 is 5.89. The van der Waals surface area contributed by atoms with Gasteiger partial charge in [0.15, 0.2) is 0 Å². The summed E-state index contributed by atoms with van der Waals surface area (Å²) in [6.07, 6.45) is 0. The molecule has 1 rings (SSSR count). The molecule has 0 amide bonds. The van der Waals surface area contributed by atoms with Gasteiger partial charge in [-0.1, -0.05) is 32.4 Å². The molecule has 108 valence electrons. The second kappa shape index (κ2) is 7.02. The van der Waals surface area contributed by atoms with Crippen molar-refractivity contribution in [2.45, 2.75) is 26.7 Å². The summed E-state index contributed by atoms with van der Waals surface area (Å²) in [4.78, 5) is 8.38. The first-order valence-electron chi connectivity index (χ1n) is 6.09. The van der Waals surface area contributed by atoms with Crippen LogP contribution in [0.5, 0.6) is 0 Å². The zero-order valence-electron chi connectivity index (χ0n) is 11.3. The Bertz CT molecular complexity index is 519. The molecule has 0 saturated carbocycles. The fraction of sp³-hybridized carbons (Fsp3) is 0.636. The number of hydrogen-bond acceptors (Lipinski definition) is 5. The Kier molecular flexibility index (Phi) is 5.96. The lowest BCUT2D eigenvalue weighted by molar-refractivity contribution is 0.584. The summed E-state index contributed by atoms with van der Waals surface area (Å²) < 4.78 is 25.3. The first-order valence-corrected chi connectivity index (χ1v) is 8.12. The molecule has 0 spiro atoms. The van der Waals surface area contributed by atoms with Crippen LogP contribution in [0, 0.1) is 0 Å². The van der Waals surface area contributed by atoms with Crippen LogP contribution in [0.4, 0.5) is 5.82 Å². The van der Waals surface area contributed by atoms with Gasteiger partial charge in [-0.2, -0.15) is 0 Å². The fourth-order valence-corrected chi connectivity index (χ4v) is 2.53. The number of aromatic nitrogens is 2. The number of anilines is 1. The van der Waals surface area contributed by atoms with Crippen molar-refractivity contribution in [2.24, 2.45) is 0 Å². The molecule has 1 aromatic rings. The average molecular weight is 307 g/mol. The molecular formula is C11H19ClN4O2S. The maximum atomic E-state index is 11.5. The van der Waals surface area contributed by atoms with Crippen LogP contribution in [0.1, 0.15) is 32.5 Å². The highest BCUT2D eigenvalue weighted by atomic mass is 35.5. The lowest BCUT2D eigenvalue weighted by atomic mass is 10.2. The van der Waals surface area contributed by atoms with Crippen molar-refractivity contribution in [3.05, 3.63) is 17.0 Å². The van der Waals surface area contributed by atoms with Crippen LogP contribution in [-0.4, -0.2) is 37.2 Å². The van der Waals surface area contributed by atoms with Gasteiger partial charge < -0.3 is 5.32 Å². The molecule has 0 radical (unpaired) electrons. The molecule has 0 fully saturated rings. The number of nitrogens with zero attached hydrogens (tertiary/aromatic N) is 2. The van der Waals surface area contributed by atoms with Crippen LogP contribution in [0.2, 0.25) is 5.15 Å². The van der Waals surface area contributed by atoms with E-state index in [0.717, 1.165) is 0 Å². The summed E-state index contributed by atoms with van der Waals surface area (Å²) in [6, 6.07) is 1.58. The zero-order valence-corrected chi connectivity index (χ0v) is 12.8. The Morgan fingerprint density at radius 2 is 2.05 bits per heavy atom. The predicted octanol–water partition coefficient (Wildman–Crippen LogP) is 1.60.